The first-order valence-corrected chi connectivity index (χ1v) is 3.11. The number of rotatable bonds is 3. The molecule has 1 atom stereocenters. The molecule has 0 amide bonds. The Hall–Kier alpha value is -0.0300. The Balaban J connectivity index is 3.52. The summed E-state index contributed by atoms with van der Waals surface area (Å²) < 4.78 is 40.4. The average Bonchev–Trinajstić information content (AvgIpc) is 1.69. The van der Waals surface area contributed by atoms with Gasteiger partial charge in [-0.3, -0.25) is 0 Å². The molecule has 0 saturated heterocycles. The van der Waals surface area contributed by atoms with E-state index in [0.29, 0.717) is 0 Å². The van der Waals surface area contributed by atoms with Crippen LogP contribution in [0, 0.1) is 0 Å². The monoisotopic (exact) mass is 144 g/mol. The van der Waals surface area contributed by atoms with Crippen molar-refractivity contribution in [1.82, 2.24) is 0 Å². The zero-order valence-corrected chi connectivity index (χ0v) is 4.83. The maximum Gasteiger partial charge on any atom is 0.161 e. The fraction of sp³-hybridized carbons (Fsp3) is 1.00. The van der Waals surface area contributed by atoms with Crippen molar-refractivity contribution in [1.29, 1.82) is 0 Å². The minimum Gasteiger partial charge on any atom is -0.306 e. The van der Waals surface area contributed by atoms with Crippen LogP contribution in [0.3, 0.4) is 0 Å². The lowest BCUT2D eigenvalue weighted by Gasteiger charge is -1.99. The third-order valence-corrected chi connectivity index (χ3v) is 1.45. The summed E-state index contributed by atoms with van der Waals surface area (Å²) in [5, 5.41) is -1.35. The van der Waals surface area contributed by atoms with Gasteiger partial charge in [0.1, 0.15) is 18.6 Å². The molecular formula is C3H6F2O2S. The molecular weight excluding hydrogens is 138 g/mol. The van der Waals surface area contributed by atoms with Gasteiger partial charge in [-0.25, -0.2) is 13.0 Å². The summed E-state index contributed by atoms with van der Waals surface area (Å²) in [6.45, 7) is -2.17. The number of hydrogen-bond donors (Lipinski definition) is 1. The van der Waals surface area contributed by atoms with Gasteiger partial charge in [-0.1, -0.05) is 0 Å². The van der Waals surface area contributed by atoms with Crippen molar-refractivity contribution >= 4 is 11.1 Å². The van der Waals surface area contributed by atoms with Crippen molar-refractivity contribution in [3.63, 3.8) is 0 Å². The molecule has 0 rings (SSSR count). The van der Waals surface area contributed by atoms with Crippen LogP contribution in [0.1, 0.15) is 0 Å². The van der Waals surface area contributed by atoms with Crippen LogP contribution < -0.4 is 0 Å². The van der Waals surface area contributed by atoms with Gasteiger partial charge in [0.15, 0.2) is 11.1 Å². The largest absolute Gasteiger partial charge is 0.306 e. The third-order valence-electron chi connectivity index (χ3n) is 0.629. The lowest BCUT2D eigenvalue weighted by Crippen LogP contribution is -2.18. The Bertz CT molecular complexity index is 83.4. The second-order valence-corrected chi connectivity index (χ2v) is 2.43. The van der Waals surface area contributed by atoms with Crippen LogP contribution >= 0.6 is 0 Å². The van der Waals surface area contributed by atoms with Gasteiger partial charge in [0.2, 0.25) is 0 Å². The van der Waals surface area contributed by atoms with Crippen molar-refractivity contribution in [3.05, 3.63) is 0 Å². The van der Waals surface area contributed by atoms with Crippen molar-refractivity contribution < 1.29 is 17.5 Å². The maximum absolute atomic E-state index is 11.3. The summed E-state index contributed by atoms with van der Waals surface area (Å²) in [5.41, 5.74) is 0. The number of halogens is 2. The van der Waals surface area contributed by atoms with E-state index >= 15 is 0 Å². The molecule has 50 valence electrons. The van der Waals surface area contributed by atoms with Crippen LogP contribution in [-0.2, 0) is 11.1 Å². The summed E-state index contributed by atoms with van der Waals surface area (Å²) >= 11 is -2.35. The van der Waals surface area contributed by atoms with Gasteiger partial charge in [-0.15, -0.1) is 0 Å². The second kappa shape index (κ2) is 3.91. The molecule has 0 aliphatic heterocycles. The van der Waals surface area contributed by atoms with Gasteiger partial charge in [0.25, 0.3) is 0 Å². The van der Waals surface area contributed by atoms with Crippen LogP contribution in [0.5, 0.6) is 0 Å². The summed E-state index contributed by atoms with van der Waals surface area (Å²) in [7, 11) is 0. The Kier molecular flexibility index (Phi) is 3.90. The highest BCUT2D eigenvalue weighted by molar-refractivity contribution is 7.79. The molecule has 2 nitrogen and oxygen atoms in total. The van der Waals surface area contributed by atoms with Gasteiger partial charge in [-0.05, 0) is 0 Å². The smallest absolute Gasteiger partial charge is 0.161 e. The van der Waals surface area contributed by atoms with Crippen LogP contribution in [0.25, 0.3) is 0 Å². The minimum atomic E-state index is -2.35. The standard InChI is InChI=1S/C3H6F2O2S/c4-1-3(2-5)8(6)7/h3H,1-2H2,(H,6,7). The van der Waals surface area contributed by atoms with Gasteiger partial charge < -0.3 is 4.55 Å². The van der Waals surface area contributed by atoms with Crippen molar-refractivity contribution in [2.75, 3.05) is 13.3 Å². The SMILES string of the molecule is O=S(O)C(CF)CF. The molecule has 8 heavy (non-hydrogen) atoms. The zero-order chi connectivity index (χ0) is 6.57. The molecule has 0 aromatic heterocycles. The minimum absolute atomic E-state index is 1.08. The molecule has 1 N–H and O–H groups in total. The average molecular weight is 144 g/mol. The van der Waals surface area contributed by atoms with Crippen molar-refractivity contribution in [2.24, 2.45) is 0 Å². The summed E-state index contributed by atoms with van der Waals surface area (Å²) in [6, 6.07) is 0. The summed E-state index contributed by atoms with van der Waals surface area (Å²) in [6.07, 6.45) is 0. The Morgan fingerprint density at radius 2 is 1.88 bits per heavy atom. The van der Waals surface area contributed by atoms with Crippen molar-refractivity contribution in [2.45, 2.75) is 5.25 Å². The Morgan fingerprint density at radius 3 is 1.88 bits per heavy atom. The zero-order valence-electron chi connectivity index (χ0n) is 4.01. The first-order valence-electron chi connectivity index (χ1n) is 1.94. The highest BCUT2D eigenvalue weighted by atomic mass is 32.2. The molecule has 0 heterocycles. The molecule has 0 fully saturated rings. The van der Waals surface area contributed by atoms with Crippen LogP contribution in [0.15, 0.2) is 0 Å². The molecule has 0 aliphatic rings. The van der Waals surface area contributed by atoms with Crippen LogP contribution in [0.2, 0.25) is 0 Å². The van der Waals surface area contributed by atoms with Crippen LogP contribution in [0.4, 0.5) is 8.78 Å². The van der Waals surface area contributed by atoms with Gasteiger partial charge in [-0.2, -0.15) is 0 Å². The maximum atomic E-state index is 11.3. The fourth-order valence-electron chi connectivity index (χ4n) is 0.149. The molecule has 0 bridgehead atoms. The normalized spacial score (nSPS) is 14.5. The van der Waals surface area contributed by atoms with Gasteiger partial charge in [0.05, 0.1) is 0 Å². The van der Waals surface area contributed by atoms with E-state index in [-0.39, 0.29) is 0 Å². The molecule has 0 spiro atoms. The third kappa shape index (κ3) is 2.32. The summed E-state index contributed by atoms with van der Waals surface area (Å²) in [4.78, 5) is 0. The topological polar surface area (TPSA) is 37.3 Å². The quantitative estimate of drug-likeness (QED) is 0.586. The van der Waals surface area contributed by atoms with E-state index in [1.54, 1.807) is 0 Å². The van der Waals surface area contributed by atoms with E-state index in [1.165, 1.54) is 0 Å². The van der Waals surface area contributed by atoms with Gasteiger partial charge in [0, 0.05) is 0 Å². The van der Waals surface area contributed by atoms with E-state index in [4.69, 9.17) is 4.55 Å². The molecule has 0 radical (unpaired) electrons. The number of alkyl halides is 2. The Morgan fingerprint density at radius 1 is 1.50 bits per heavy atom. The first-order chi connectivity index (χ1) is 3.72. The van der Waals surface area contributed by atoms with Crippen LogP contribution in [-0.4, -0.2) is 27.4 Å². The molecule has 0 aromatic rings. The molecule has 0 aromatic carbocycles. The van der Waals surface area contributed by atoms with E-state index in [2.05, 4.69) is 0 Å². The lowest BCUT2D eigenvalue weighted by molar-refractivity contribution is 0.389. The first kappa shape index (κ1) is 7.97. The summed E-state index contributed by atoms with van der Waals surface area (Å²) in [5.74, 6) is 0. The highest BCUT2D eigenvalue weighted by Gasteiger charge is 2.13. The highest BCUT2D eigenvalue weighted by Crippen LogP contribution is 1.94. The van der Waals surface area contributed by atoms with Crippen molar-refractivity contribution in [3.8, 4) is 0 Å². The predicted octanol–water partition coefficient (Wildman–Crippen LogP) is 0.516. The molecule has 0 saturated carbocycles. The number of hydrogen-bond acceptors (Lipinski definition) is 1. The fourth-order valence-corrected chi connectivity index (χ4v) is 0.365. The molecule has 5 heteroatoms. The lowest BCUT2D eigenvalue weighted by atomic mass is 10.5. The predicted molar refractivity (Wildman–Crippen MR) is 26.5 cm³/mol. The van der Waals surface area contributed by atoms with Gasteiger partial charge >= 0.3 is 0 Å². The molecule has 1 unspecified atom stereocenters. The van der Waals surface area contributed by atoms with E-state index < -0.39 is 29.7 Å². The van der Waals surface area contributed by atoms with E-state index in [9.17, 15) is 13.0 Å². The Labute approximate surface area is 48.2 Å². The van der Waals surface area contributed by atoms with E-state index in [1.807, 2.05) is 0 Å². The second-order valence-electron chi connectivity index (χ2n) is 1.21. The van der Waals surface area contributed by atoms with E-state index in [0.717, 1.165) is 0 Å². The molecule has 0 aliphatic carbocycles.